The largest absolute Gasteiger partial charge is 0.422 e. The fourth-order valence-corrected chi connectivity index (χ4v) is 4.11. The van der Waals surface area contributed by atoms with Crippen LogP contribution in [0.15, 0.2) is 63.8 Å². The number of thiazole rings is 1. The van der Waals surface area contributed by atoms with E-state index < -0.39 is 23.2 Å². The van der Waals surface area contributed by atoms with Crippen LogP contribution in [0, 0.1) is 11.6 Å². The predicted octanol–water partition coefficient (Wildman–Crippen LogP) is 5.09. The second kappa shape index (κ2) is 6.46. The third-order valence-corrected chi connectivity index (χ3v) is 5.44. The van der Waals surface area contributed by atoms with Crippen LogP contribution in [0.2, 0.25) is 0 Å². The van der Waals surface area contributed by atoms with Gasteiger partial charge in [-0.1, -0.05) is 41.7 Å². The molecule has 5 aromatic rings. The first-order valence-corrected chi connectivity index (χ1v) is 9.34. The van der Waals surface area contributed by atoms with Crippen molar-refractivity contribution in [2.75, 3.05) is 5.32 Å². The van der Waals surface area contributed by atoms with Crippen molar-refractivity contribution >= 4 is 54.3 Å². The molecule has 0 unspecified atom stereocenters. The van der Waals surface area contributed by atoms with E-state index >= 15 is 0 Å². The van der Waals surface area contributed by atoms with Gasteiger partial charge in [0.25, 0.3) is 5.91 Å². The maximum atomic E-state index is 13.8. The minimum atomic E-state index is -0.826. The van der Waals surface area contributed by atoms with E-state index in [9.17, 15) is 18.4 Å². The minimum Gasteiger partial charge on any atom is -0.422 e. The Kier molecular flexibility index (Phi) is 3.88. The molecular formula is C21H10F2N2O3S. The number of hydrogen-bond donors (Lipinski definition) is 1. The fraction of sp³-hybridized carbons (Fsp3) is 0. The topological polar surface area (TPSA) is 72.2 Å². The molecule has 0 spiro atoms. The Morgan fingerprint density at radius 1 is 1.03 bits per heavy atom. The molecule has 0 atom stereocenters. The van der Waals surface area contributed by atoms with Crippen molar-refractivity contribution in [1.82, 2.24) is 4.98 Å². The first kappa shape index (κ1) is 17.4. The van der Waals surface area contributed by atoms with Crippen LogP contribution in [-0.2, 0) is 0 Å². The Bertz CT molecular complexity index is 1510. The molecule has 0 aliphatic rings. The third-order valence-electron chi connectivity index (χ3n) is 4.52. The maximum absolute atomic E-state index is 13.8. The van der Waals surface area contributed by atoms with E-state index in [4.69, 9.17) is 4.42 Å². The van der Waals surface area contributed by atoms with Gasteiger partial charge in [-0.3, -0.25) is 10.1 Å². The molecule has 29 heavy (non-hydrogen) atoms. The summed E-state index contributed by atoms with van der Waals surface area (Å²) in [5, 5.41) is 4.90. The first-order chi connectivity index (χ1) is 14.0. The summed E-state index contributed by atoms with van der Waals surface area (Å²) in [4.78, 5) is 29.0. The lowest BCUT2D eigenvalue weighted by Crippen LogP contribution is -2.20. The van der Waals surface area contributed by atoms with E-state index in [1.807, 2.05) is 30.3 Å². The Hall–Kier alpha value is -3.65. The van der Waals surface area contributed by atoms with Crippen LogP contribution in [0.25, 0.3) is 32.0 Å². The SMILES string of the molecule is O=C(Nc1nc2c(F)cc(F)cc2s1)c1cc2c(ccc3ccccc32)oc1=O. The van der Waals surface area contributed by atoms with Gasteiger partial charge in [-0.15, -0.1) is 0 Å². The summed E-state index contributed by atoms with van der Waals surface area (Å²) in [6.07, 6.45) is 0. The predicted molar refractivity (Wildman–Crippen MR) is 107 cm³/mol. The summed E-state index contributed by atoms with van der Waals surface area (Å²) >= 11 is 0.905. The minimum absolute atomic E-state index is 0.0481. The second-order valence-electron chi connectivity index (χ2n) is 6.35. The summed E-state index contributed by atoms with van der Waals surface area (Å²) < 4.78 is 32.8. The molecule has 0 aliphatic heterocycles. The molecule has 0 radical (unpaired) electrons. The highest BCUT2D eigenvalue weighted by Crippen LogP contribution is 2.29. The third kappa shape index (κ3) is 2.94. The van der Waals surface area contributed by atoms with Crippen LogP contribution in [0.3, 0.4) is 0 Å². The Morgan fingerprint density at radius 2 is 1.86 bits per heavy atom. The number of nitrogens with one attached hydrogen (secondary N) is 1. The smallest absolute Gasteiger partial charge is 0.349 e. The number of nitrogens with zero attached hydrogens (tertiary/aromatic N) is 1. The van der Waals surface area contributed by atoms with Crippen molar-refractivity contribution in [2.24, 2.45) is 0 Å². The molecule has 0 saturated heterocycles. The van der Waals surface area contributed by atoms with Crippen LogP contribution in [-0.4, -0.2) is 10.9 Å². The fourth-order valence-electron chi connectivity index (χ4n) is 3.20. The van der Waals surface area contributed by atoms with Crippen LogP contribution in [0.5, 0.6) is 0 Å². The highest BCUT2D eigenvalue weighted by atomic mass is 32.1. The molecule has 142 valence electrons. The standard InChI is InChI=1S/C21H10F2N2O3S/c22-11-7-15(23)18-17(8-11)29-21(24-18)25-19(26)14-9-13-12-4-2-1-3-10(12)5-6-16(13)28-20(14)27/h1-9H,(H,24,25,26). The van der Waals surface area contributed by atoms with Gasteiger partial charge in [0.2, 0.25) is 0 Å². The van der Waals surface area contributed by atoms with Gasteiger partial charge >= 0.3 is 5.63 Å². The van der Waals surface area contributed by atoms with Gasteiger partial charge in [-0.25, -0.2) is 18.6 Å². The van der Waals surface area contributed by atoms with E-state index in [1.54, 1.807) is 6.07 Å². The lowest BCUT2D eigenvalue weighted by molar-refractivity contribution is 0.102. The Balaban J connectivity index is 1.59. The summed E-state index contributed by atoms with van der Waals surface area (Å²) in [5.41, 5.74) is -0.700. The number of fused-ring (bicyclic) bond motifs is 4. The lowest BCUT2D eigenvalue weighted by atomic mass is 10.0. The van der Waals surface area contributed by atoms with E-state index in [1.165, 1.54) is 6.07 Å². The molecular weight excluding hydrogens is 398 g/mol. The second-order valence-corrected chi connectivity index (χ2v) is 7.38. The van der Waals surface area contributed by atoms with Gasteiger partial charge in [0.15, 0.2) is 10.9 Å². The lowest BCUT2D eigenvalue weighted by Gasteiger charge is -2.05. The van der Waals surface area contributed by atoms with Crippen LogP contribution >= 0.6 is 11.3 Å². The quantitative estimate of drug-likeness (QED) is 0.326. The molecule has 0 bridgehead atoms. The van der Waals surface area contributed by atoms with Gasteiger partial charge in [0.1, 0.15) is 22.5 Å². The molecule has 2 heterocycles. The average Bonchev–Trinajstić information content (AvgIpc) is 3.09. The van der Waals surface area contributed by atoms with Gasteiger partial charge in [0, 0.05) is 11.5 Å². The van der Waals surface area contributed by atoms with E-state index in [2.05, 4.69) is 10.3 Å². The number of rotatable bonds is 2. The molecule has 0 saturated carbocycles. The van der Waals surface area contributed by atoms with Crippen LogP contribution in [0.4, 0.5) is 13.9 Å². The number of aromatic nitrogens is 1. The molecule has 5 nitrogen and oxygen atoms in total. The van der Waals surface area contributed by atoms with Crippen molar-refractivity contribution < 1.29 is 18.0 Å². The molecule has 1 N–H and O–H groups in total. The average molecular weight is 408 g/mol. The molecule has 2 aromatic heterocycles. The highest BCUT2D eigenvalue weighted by Gasteiger charge is 2.18. The maximum Gasteiger partial charge on any atom is 0.349 e. The normalized spacial score (nSPS) is 11.4. The molecule has 5 rings (SSSR count). The number of anilines is 1. The van der Waals surface area contributed by atoms with Crippen LogP contribution < -0.4 is 10.9 Å². The molecule has 0 aliphatic carbocycles. The van der Waals surface area contributed by atoms with E-state index in [0.717, 1.165) is 34.2 Å². The molecule has 1 amide bonds. The molecule has 8 heteroatoms. The van der Waals surface area contributed by atoms with E-state index in [0.29, 0.717) is 11.0 Å². The zero-order valence-corrected chi connectivity index (χ0v) is 15.3. The Labute approximate surface area is 165 Å². The Morgan fingerprint density at radius 3 is 2.72 bits per heavy atom. The van der Waals surface area contributed by atoms with Crippen molar-refractivity contribution in [3.63, 3.8) is 0 Å². The number of halogens is 2. The zero-order valence-electron chi connectivity index (χ0n) is 14.5. The number of amides is 1. The monoisotopic (exact) mass is 408 g/mol. The summed E-state index contributed by atoms with van der Waals surface area (Å²) in [7, 11) is 0. The molecule has 3 aromatic carbocycles. The number of carbonyl (C=O) groups is 1. The number of carbonyl (C=O) groups excluding carboxylic acids is 1. The first-order valence-electron chi connectivity index (χ1n) is 8.52. The van der Waals surface area contributed by atoms with Crippen molar-refractivity contribution in [1.29, 1.82) is 0 Å². The van der Waals surface area contributed by atoms with Gasteiger partial charge in [-0.2, -0.15) is 0 Å². The highest BCUT2D eigenvalue weighted by molar-refractivity contribution is 7.22. The summed E-state index contributed by atoms with van der Waals surface area (Å²) in [6.45, 7) is 0. The van der Waals surface area contributed by atoms with Gasteiger partial charge in [0.05, 0.1) is 4.70 Å². The van der Waals surface area contributed by atoms with Crippen molar-refractivity contribution in [2.45, 2.75) is 0 Å². The number of hydrogen-bond acceptors (Lipinski definition) is 5. The zero-order chi connectivity index (χ0) is 20.1. The van der Waals surface area contributed by atoms with Gasteiger partial charge in [-0.05, 0) is 29.0 Å². The van der Waals surface area contributed by atoms with Crippen LogP contribution in [0.1, 0.15) is 10.4 Å². The number of benzene rings is 3. The van der Waals surface area contributed by atoms with Crippen molar-refractivity contribution in [3.8, 4) is 0 Å². The van der Waals surface area contributed by atoms with E-state index in [-0.39, 0.29) is 20.9 Å². The summed E-state index contributed by atoms with van der Waals surface area (Å²) in [6, 6.07) is 14.3. The summed E-state index contributed by atoms with van der Waals surface area (Å²) in [5.74, 6) is -2.31. The molecule has 0 fully saturated rings. The van der Waals surface area contributed by atoms with Crippen molar-refractivity contribution in [3.05, 3.63) is 82.2 Å². The van der Waals surface area contributed by atoms with Gasteiger partial charge < -0.3 is 4.42 Å².